The molecule has 0 aliphatic rings. The van der Waals surface area contributed by atoms with Crippen LogP contribution in [0.15, 0.2) is 36.5 Å². The third-order valence-corrected chi connectivity index (χ3v) is 4.29. The van der Waals surface area contributed by atoms with E-state index in [4.69, 9.17) is 27.9 Å². The molecule has 3 aromatic rings. The Morgan fingerprint density at radius 3 is 2.72 bits per heavy atom. The highest BCUT2D eigenvalue weighted by Crippen LogP contribution is 2.32. The van der Waals surface area contributed by atoms with Gasteiger partial charge in [0, 0.05) is 23.0 Å². The van der Waals surface area contributed by atoms with Crippen molar-refractivity contribution >= 4 is 51.6 Å². The highest BCUT2D eigenvalue weighted by atomic mass is 35.5. The van der Waals surface area contributed by atoms with Crippen LogP contribution in [0.2, 0.25) is 10.0 Å². The van der Waals surface area contributed by atoms with E-state index in [1.165, 1.54) is 6.20 Å². The molecule has 0 spiro atoms. The lowest BCUT2D eigenvalue weighted by atomic mass is 10.1. The maximum atomic E-state index is 12.3. The molecule has 0 atom stereocenters. The molecular weight excluding hydrogens is 361 g/mol. The monoisotopic (exact) mass is 375 g/mol. The van der Waals surface area contributed by atoms with Gasteiger partial charge in [-0.15, -0.1) is 0 Å². The molecule has 2 aromatic heterocycles. The van der Waals surface area contributed by atoms with Crippen LogP contribution in [0.5, 0.6) is 0 Å². The molecule has 0 fully saturated rings. The summed E-state index contributed by atoms with van der Waals surface area (Å²) in [4.78, 5) is 21.0. The van der Waals surface area contributed by atoms with Crippen LogP contribution in [-0.4, -0.2) is 22.5 Å². The molecule has 1 aromatic carbocycles. The van der Waals surface area contributed by atoms with Gasteiger partial charge >= 0.3 is 5.97 Å². The second-order valence-corrected chi connectivity index (χ2v) is 6.16. The molecular formula is C18H15Cl2N3O2. The molecule has 2 heterocycles. The Morgan fingerprint density at radius 1 is 1.20 bits per heavy atom. The zero-order valence-corrected chi connectivity index (χ0v) is 15.1. The average Bonchev–Trinajstić information content (AvgIpc) is 2.58. The van der Waals surface area contributed by atoms with Gasteiger partial charge in [-0.3, -0.25) is 0 Å². The van der Waals surface area contributed by atoms with Crippen LogP contribution in [0.1, 0.15) is 23.0 Å². The number of anilines is 2. The fraction of sp³-hybridized carbons (Fsp3) is 0.167. The van der Waals surface area contributed by atoms with Crippen LogP contribution in [0, 0.1) is 6.92 Å². The zero-order valence-electron chi connectivity index (χ0n) is 13.6. The van der Waals surface area contributed by atoms with Gasteiger partial charge in [-0.05, 0) is 44.2 Å². The van der Waals surface area contributed by atoms with Crippen molar-refractivity contribution in [3.05, 3.63) is 57.8 Å². The first-order valence-corrected chi connectivity index (χ1v) is 8.40. The molecule has 128 valence electrons. The Balaban J connectivity index is 2.15. The van der Waals surface area contributed by atoms with Gasteiger partial charge in [0.15, 0.2) is 5.65 Å². The van der Waals surface area contributed by atoms with Crippen LogP contribution >= 0.6 is 23.2 Å². The highest BCUT2D eigenvalue weighted by Gasteiger charge is 2.18. The Bertz CT molecular complexity index is 960. The number of nitrogens with zero attached hydrogens (tertiary/aromatic N) is 2. The number of ether oxygens (including phenoxy) is 1. The number of esters is 1. The standard InChI is InChI=1S/C18H15Cl2N3O2/c1-3-25-18(24)13-9-21-17-12(6-4-10(2)22-17)16(13)23-11-5-7-14(19)15(20)8-11/h4-9H,3H2,1-2H3,(H,21,22,23). The van der Waals surface area contributed by atoms with Crippen molar-refractivity contribution in [1.29, 1.82) is 0 Å². The highest BCUT2D eigenvalue weighted by molar-refractivity contribution is 6.42. The van der Waals surface area contributed by atoms with Gasteiger partial charge in [-0.25, -0.2) is 14.8 Å². The third-order valence-electron chi connectivity index (χ3n) is 3.55. The van der Waals surface area contributed by atoms with E-state index in [1.54, 1.807) is 25.1 Å². The molecule has 0 radical (unpaired) electrons. The molecule has 3 rings (SSSR count). The SMILES string of the molecule is CCOC(=O)c1cnc2nc(C)ccc2c1Nc1ccc(Cl)c(Cl)c1. The Morgan fingerprint density at radius 2 is 2.00 bits per heavy atom. The number of fused-ring (bicyclic) bond motifs is 1. The van der Waals surface area contributed by atoms with E-state index >= 15 is 0 Å². The van der Waals surface area contributed by atoms with Crippen molar-refractivity contribution in [1.82, 2.24) is 9.97 Å². The number of hydrogen-bond donors (Lipinski definition) is 1. The lowest BCUT2D eigenvalue weighted by Gasteiger charge is -2.14. The number of nitrogens with one attached hydrogen (secondary N) is 1. The van der Waals surface area contributed by atoms with Crippen LogP contribution in [0.3, 0.4) is 0 Å². The molecule has 25 heavy (non-hydrogen) atoms. The molecule has 0 amide bonds. The van der Waals surface area contributed by atoms with Gasteiger partial charge in [0.1, 0.15) is 5.56 Å². The van der Waals surface area contributed by atoms with Gasteiger partial charge in [-0.1, -0.05) is 23.2 Å². The number of benzene rings is 1. The third kappa shape index (κ3) is 3.67. The summed E-state index contributed by atoms with van der Waals surface area (Å²) in [6.07, 6.45) is 1.46. The summed E-state index contributed by atoms with van der Waals surface area (Å²) in [5, 5.41) is 4.80. The van der Waals surface area contributed by atoms with E-state index in [0.717, 1.165) is 5.69 Å². The molecule has 7 heteroatoms. The minimum atomic E-state index is -0.458. The van der Waals surface area contributed by atoms with Gasteiger partial charge in [-0.2, -0.15) is 0 Å². The summed E-state index contributed by atoms with van der Waals surface area (Å²) in [7, 11) is 0. The fourth-order valence-electron chi connectivity index (χ4n) is 2.39. The smallest absolute Gasteiger partial charge is 0.341 e. The molecule has 1 N–H and O–H groups in total. The Hall–Kier alpha value is -2.37. The normalized spacial score (nSPS) is 10.7. The van der Waals surface area contributed by atoms with Crippen molar-refractivity contribution in [2.45, 2.75) is 13.8 Å². The number of aryl methyl sites for hydroxylation is 1. The molecule has 0 bridgehead atoms. The van der Waals surface area contributed by atoms with E-state index < -0.39 is 5.97 Å². The second kappa shape index (κ2) is 7.25. The first-order chi connectivity index (χ1) is 12.0. The summed E-state index contributed by atoms with van der Waals surface area (Å²) < 4.78 is 5.14. The molecule has 0 aliphatic carbocycles. The number of pyridine rings is 2. The van der Waals surface area contributed by atoms with Crippen molar-refractivity contribution in [3.63, 3.8) is 0 Å². The zero-order chi connectivity index (χ0) is 18.0. The molecule has 0 unspecified atom stereocenters. The average molecular weight is 376 g/mol. The minimum Gasteiger partial charge on any atom is -0.462 e. The number of halogens is 2. The molecule has 5 nitrogen and oxygen atoms in total. The maximum Gasteiger partial charge on any atom is 0.341 e. The van der Waals surface area contributed by atoms with E-state index in [-0.39, 0.29) is 6.61 Å². The van der Waals surface area contributed by atoms with Crippen LogP contribution in [-0.2, 0) is 4.74 Å². The van der Waals surface area contributed by atoms with Crippen molar-refractivity contribution in [2.24, 2.45) is 0 Å². The predicted molar refractivity (Wildman–Crippen MR) is 100.0 cm³/mol. The molecule has 0 saturated heterocycles. The van der Waals surface area contributed by atoms with E-state index in [0.29, 0.717) is 38.0 Å². The van der Waals surface area contributed by atoms with Gasteiger partial charge < -0.3 is 10.1 Å². The largest absolute Gasteiger partial charge is 0.462 e. The fourth-order valence-corrected chi connectivity index (χ4v) is 2.69. The van der Waals surface area contributed by atoms with Crippen molar-refractivity contribution in [2.75, 3.05) is 11.9 Å². The minimum absolute atomic E-state index is 0.273. The quantitative estimate of drug-likeness (QED) is 0.637. The summed E-state index contributed by atoms with van der Waals surface area (Å²) in [6.45, 7) is 3.91. The lowest BCUT2D eigenvalue weighted by molar-refractivity contribution is 0.0527. The first-order valence-electron chi connectivity index (χ1n) is 7.65. The van der Waals surface area contributed by atoms with Crippen LogP contribution < -0.4 is 5.32 Å². The molecule has 0 aliphatic heterocycles. The second-order valence-electron chi connectivity index (χ2n) is 5.35. The number of rotatable bonds is 4. The van der Waals surface area contributed by atoms with Gasteiger partial charge in [0.05, 0.1) is 22.3 Å². The van der Waals surface area contributed by atoms with Crippen molar-refractivity contribution in [3.8, 4) is 0 Å². The number of aromatic nitrogens is 2. The topological polar surface area (TPSA) is 64.1 Å². The van der Waals surface area contributed by atoms with Crippen LogP contribution in [0.25, 0.3) is 11.0 Å². The first kappa shape index (κ1) is 17.5. The van der Waals surface area contributed by atoms with E-state index in [1.807, 2.05) is 19.1 Å². The molecule has 0 saturated carbocycles. The van der Waals surface area contributed by atoms with Gasteiger partial charge in [0.2, 0.25) is 0 Å². The number of carbonyl (C=O) groups excluding carboxylic acids is 1. The van der Waals surface area contributed by atoms with Crippen molar-refractivity contribution < 1.29 is 9.53 Å². The summed E-state index contributed by atoms with van der Waals surface area (Å²) >= 11 is 12.0. The maximum absolute atomic E-state index is 12.3. The Kier molecular flexibility index (Phi) is 5.06. The van der Waals surface area contributed by atoms with Crippen LogP contribution in [0.4, 0.5) is 11.4 Å². The van der Waals surface area contributed by atoms with E-state index in [2.05, 4.69) is 15.3 Å². The summed E-state index contributed by atoms with van der Waals surface area (Å²) in [6, 6.07) is 8.87. The Labute approximate surface area is 155 Å². The predicted octanol–water partition coefficient (Wildman–Crippen LogP) is 5.17. The summed E-state index contributed by atoms with van der Waals surface area (Å²) in [5.41, 5.74) is 2.95. The van der Waals surface area contributed by atoms with Gasteiger partial charge in [0.25, 0.3) is 0 Å². The number of carbonyl (C=O) groups is 1. The van der Waals surface area contributed by atoms with E-state index in [9.17, 15) is 4.79 Å². The summed E-state index contributed by atoms with van der Waals surface area (Å²) in [5.74, 6) is -0.458. The number of hydrogen-bond acceptors (Lipinski definition) is 5. The lowest BCUT2D eigenvalue weighted by Crippen LogP contribution is -2.09.